The molecular weight excluding hydrogens is 291 g/mol. The van der Waals surface area contributed by atoms with Gasteiger partial charge in [0.05, 0.1) is 9.82 Å². The first-order valence-corrected chi connectivity index (χ1v) is 7.33. The molecule has 0 fully saturated rings. The first kappa shape index (κ1) is 16.5. The Bertz CT molecular complexity index is 603. The first-order valence-electron chi connectivity index (χ1n) is 5.84. The maximum Gasteiger partial charge on any atom is 0.306 e. The van der Waals surface area contributed by atoms with E-state index in [9.17, 15) is 22.9 Å². The predicted octanol–water partition coefficient (Wildman–Crippen LogP) is 1.09. The van der Waals surface area contributed by atoms with Gasteiger partial charge >= 0.3 is 5.69 Å². The number of hydrogen-bond donors (Lipinski definition) is 2. The van der Waals surface area contributed by atoms with Crippen LogP contribution in [0.4, 0.5) is 10.1 Å². The van der Waals surface area contributed by atoms with E-state index >= 15 is 0 Å². The minimum Gasteiger partial charge on any atom is -0.396 e. The third kappa shape index (κ3) is 3.95. The molecule has 1 aromatic carbocycles. The van der Waals surface area contributed by atoms with E-state index in [1.807, 2.05) is 0 Å². The summed E-state index contributed by atoms with van der Waals surface area (Å²) in [6, 6.07) is 1.53. The fraction of sp³-hybridized carbons (Fsp3) is 0.455. The molecule has 0 heterocycles. The summed E-state index contributed by atoms with van der Waals surface area (Å²) < 4.78 is 39.6. The van der Waals surface area contributed by atoms with E-state index in [4.69, 9.17) is 5.11 Å². The molecule has 0 radical (unpaired) electrons. The highest BCUT2D eigenvalue weighted by atomic mass is 32.2. The minimum absolute atomic E-state index is 0.0528. The number of hydrogen-bond acceptors (Lipinski definition) is 5. The van der Waals surface area contributed by atoms with Gasteiger partial charge in [0, 0.05) is 19.2 Å². The lowest BCUT2D eigenvalue weighted by atomic mass is 10.2. The molecule has 0 bridgehead atoms. The molecule has 0 spiro atoms. The maximum absolute atomic E-state index is 13.3. The van der Waals surface area contributed by atoms with Crippen LogP contribution in [-0.2, 0) is 10.0 Å². The Kier molecular flexibility index (Phi) is 5.54. The summed E-state index contributed by atoms with van der Waals surface area (Å²) in [5, 5.41) is 19.2. The van der Waals surface area contributed by atoms with Gasteiger partial charge in [-0.05, 0) is 31.4 Å². The molecular formula is C11H15FN2O5S. The number of nitrogens with one attached hydrogen (secondary N) is 1. The average molecular weight is 306 g/mol. The van der Waals surface area contributed by atoms with Crippen molar-refractivity contribution in [1.29, 1.82) is 0 Å². The number of nitrogens with zero attached hydrogens (tertiary/aromatic N) is 1. The van der Waals surface area contributed by atoms with Crippen molar-refractivity contribution in [2.45, 2.75) is 24.7 Å². The zero-order valence-electron chi connectivity index (χ0n) is 10.8. The Morgan fingerprint density at radius 1 is 1.40 bits per heavy atom. The Hall–Kier alpha value is -1.58. The summed E-state index contributed by atoms with van der Waals surface area (Å²) >= 11 is 0. The number of aryl methyl sites for hydroxylation is 1. The van der Waals surface area contributed by atoms with Crippen LogP contribution < -0.4 is 4.72 Å². The molecule has 20 heavy (non-hydrogen) atoms. The highest BCUT2D eigenvalue weighted by molar-refractivity contribution is 7.89. The zero-order chi connectivity index (χ0) is 15.3. The van der Waals surface area contributed by atoms with E-state index in [0.29, 0.717) is 18.9 Å². The summed E-state index contributed by atoms with van der Waals surface area (Å²) in [6.07, 6.45) is 0.864. The molecule has 0 aliphatic heterocycles. The SMILES string of the molecule is Cc1cc(F)c([N+](=O)[O-])cc1S(=O)(=O)NCCCCO. The molecule has 0 unspecified atom stereocenters. The number of sulfonamides is 1. The Labute approximate surface area is 115 Å². The quantitative estimate of drug-likeness (QED) is 0.445. The van der Waals surface area contributed by atoms with E-state index < -0.39 is 26.5 Å². The van der Waals surface area contributed by atoms with Crippen LogP contribution in [-0.4, -0.2) is 31.6 Å². The van der Waals surface area contributed by atoms with E-state index in [0.717, 1.165) is 6.07 Å². The van der Waals surface area contributed by atoms with Crippen molar-refractivity contribution in [1.82, 2.24) is 4.72 Å². The van der Waals surface area contributed by atoms with Crippen LogP contribution in [0.3, 0.4) is 0 Å². The highest BCUT2D eigenvalue weighted by Crippen LogP contribution is 2.25. The summed E-state index contributed by atoms with van der Waals surface area (Å²) in [7, 11) is -3.95. The number of nitro benzene ring substituents is 1. The number of rotatable bonds is 7. The summed E-state index contributed by atoms with van der Waals surface area (Å²) in [4.78, 5) is 9.34. The monoisotopic (exact) mass is 306 g/mol. The van der Waals surface area contributed by atoms with Gasteiger partial charge in [0.1, 0.15) is 0 Å². The van der Waals surface area contributed by atoms with Gasteiger partial charge in [-0.2, -0.15) is 4.39 Å². The van der Waals surface area contributed by atoms with E-state index in [2.05, 4.69) is 4.72 Å². The number of benzene rings is 1. The van der Waals surface area contributed by atoms with Crippen LogP contribution in [0, 0.1) is 22.9 Å². The van der Waals surface area contributed by atoms with Crippen molar-refractivity contribution >= 4 is 15.7 Å². The van der Waals surface area contributed by atoms with E-state index in [-0.39, 0.29) is 23.6 Å². The van der Waals surface area contributed by atoms with Gasteiger partial charge in [-0.25, -0.2) is 13.1 Å². The lowest BCUT2D eigenvalue weighted by Crippen LogP contribution is -2.25. The van der Waals surface area contributed by atoms with Gasteiger partial charge in [0.25, 0.3) is 0 Å². The number of nitro groups is 1. The second-order valence-corrected chi connectivity index (χ2v) is 5.89. The second kappa shape index (κ2) is 6.73. The fourth-order valence-corrected chi connectivity index (χ4v) is 2.91. The standard InChI is InChI=1S/C11H15FN2O5S/c1-8-6-9(12)10(14(16)17)7-11(8)20(18,19)13-4-2-3-5-15/h6-7,13,15H,2-5H2,1H3. The van der Waals surface area contributed by atoms with Crippen molar-refractivity contribution in [2.24, 2.45) is 0 Å². The Morgan fingerprint density at radius 3 is 2.60 bits per heavy atom. The van der Waals surface area contributed by atoms with Crippen molar-refractivity contribution in [3.63, 3.8) is 0 Å². The Balaban J connectivity index is 3.05. The number of unbranched alkanes of at least 4 members (excludes halogenated alkanes) is 1. The molecule has 0 aliphatic rings. The molecule has 1 aromatic rings. The molecule has 9 heteroatoms. The Morgan fingerprint density at radius 2 is 2.05 bits per heavy atom. The molecule has 0 saturated carbocycles. The van der Waals surface area contributed by atoms with Gasteiger partial charge < -0.3 is 5.11 Å². The van der Waals surface area contributed by atoms with Gasteiger partial charge in [0.15, 0.2) is 0 Å². The first-order chi connectivity index (χ1) is 9.29. The van der Waals surface area contributed by atoms with Gasteiger partial charge in [-0.3, -0.25) is 10.1 Å². The predicted molar refractivity (Wildman–Crippen MR) is 69.3 cm³/mol. The van der Waals surface area contributed by atoms with Crippen molar-refractivity contribution in [3.05, 3.63) is 33.6 Å². The maximum atomic E-state index is 13.3. The normalized spacial score (nSPS) is 11.6. The molecule has 112 valence electrons. The fourth-order valence-electron chi connectivity index (χ4n) is 1.59. The number of aliphatic hydroxyl groups excluding tert-OH is 1. The van der Waals surface area contributed by atoms with Crippen LogP contribution in [0.25, 0.3) is 0 Å². The lowest BCUT2D eigenvalue weighted by Gasteiger charge is -2.09. The summed E-state index contributed by atoms with van der Waals surface area (Å²) in [5.74, 6) is -1.08. The van der Waals surface area contributed by atoms with Gasteiger partial charge in [0.2, 0.25) is 15.8 Å². The van der Waals surface area contributed by atoms with Crippen LogP contribution in [0.2, 0.25) is 0 Å². The second-order valence-electron chi connectivity index (χ2n) is 4.15. The average Bonchev–Trinajstić information content (AvgIpc) is 2.33. The smallest absolute Gasteiger partial charge is 0.306 e. The molecule has 0 aromatic heterocycles. The van der Waals surface area contributed by atoms with Crippen LogP contribution in [0.15, 0.2) is 17.0 Å². The minimum atomic E-state index is -3.95. The molecule has 0 aliphatic carbocycles. The van der Waals surface area contributed by atoms with Crippen molar-refractivity contribution < 1.29 is 22.8 Å². The largest absolute Gasteiger partial charge is 0.396 e. The third-order valence-electron chi connectivity index (χ3n) is 2.61. The van der Waals surface area contributed by atoms with Crippen LogP contribution >= 0.6 is 0 Å². The number of halogens is 1. The highest BCUT2D eigenvalue weighted by Gasteiger charge is 2.23. The molecule has 1 rings (SSSR count). The molecule has 7 nitrogen and oxygen atoms in total. The molecule has 0 saturated heterocycles. The lowest BCUT2D eigenvalue weighted by molar-refractivity contribution is -0.387. The third-order valence-corrected chi connectivity index (χ3v) is 4.21. The van der Waals surface area contributed by atoms with Gasteiger partial charge in [-0.15, -0.1) is 0 Å². The molecule has 0 atom stereocenters. The van der Waals surface area contributed by atoms with Crippen LogP contribution in [0.1, 0.15) is 18.4 Å². The number of aliphatic hydroxyl groups is 1. The zero-order valence-corrected chi connectivity index (χ0v) is 11.6. The summed E-state index contributed by atoms with van der Waals surface area (Å²) in [5.41, 5.74) is -0.797. The van der Waals surface area contributed by atoms with Gasteiger partial charge in [-0.1, -0.05) is 0 Å². The molecule has 0 amide bonds. The van der Waals surface area contributed by atoms with Crippen molar-refractivity contribution in [3.8, 4) is 0 Å². The summed E-state index contributed by atoms with van der Waals surface area (Å²) in [6.45, 7) is 1.39. The van der Waals surface area contributed by atoms with Crippen LogP contribution in [0.5, 0.6) is 0 Å². The van der Waals surface area contributed by atoms with E-state index in [1.165, 1.54) is 6.92 Å². The topological polar surface area (TPSA) is 110 Å². The van der Waals surface area contributed by atoms with E-state index in [1.54, 1.807) is 0 Å². The molecule has 2 N–H and O–H groups in total. The van der Waals surface area contributed by atoms with Crippen molar-refractivity contribution in [2.75, 3.05) is 13.2 Å².